The zero-order valence-electron chi connectivity index (χ0n) is 14.0. The van der Waals surface area contributed by atoms with E-state index in [9.17, 15) is 0 Å². The van der Waals surface area contributed by atoms with Crippen LogP contribution in [0.3, 0.4) is 0 Å². The molecule has 0 unspecified atom stereocenters. The van der Waals surface area contributed by atoms with Crippen molar-refractivity contribution in [2.24, 2.45) is 0 Å². The van der Waals surface area contributed by atoms with Crippen molar-refractivity contribution < 1.29 is 49.5 Å². The Labute approximate surface area is 162 Å². The Morgan fingerprint density at radius 1 is 1.09 bits per heavy atom. The Balaban J connectivity index is 0.00000220. The molecule has 0 saturated carbocycles. The molecule has 0 aromatic heterocycles. The van der Waals surface area contributed by atoms with Crippen LogP contribution in [0, 0.1) is 0 Å². The number of halogens is 2. The standard InChI is InChI=1S/C18H24N.2ClH.Zr/c1-13-10-14(2)16(11-13)12-15-8-6-7-9-17(15)19-18(3,4)5;;;/h6-9,19H,11-12H2,1-5H3;2*1H;/q;;;+2/p-2. The van der Waals surface area contributed by atoms with E-state index in [1.807, 2.05) is 0 Å². The average molecular weight is 417 g/mol. The van der Waals surface area contributed by atoms with Gasteiger partial charge in [-0.25, -0.2) is 0 Å². The van der Waals surface area contributed by atoms with Crippen molar-refractivity contribution in [2.75, 3.05) is 5.32 Å². The summed E-state index contributed by atoms with van der Waals surface area (Å²) < 4.78 is 1.58. The first-order valence-electron chi connectivity index (χ1n) is 7.24. The summed E-state index contributed by atoms with van der Waals surface area (Å²) in [4.78, 5) is 0. The number of allylic oxidation sites excluding steroid dienone is 4. The molecule has 0 bridgehead atoms. The molecule has 0 aliphatic heterocycles. The van der Waals surface area contributed by atoms with Crippen LogP contribution in [0.4, 0.5) is 5.69 Å². The number of rotatable bonds is 3. The van der Waals surface area contributed by atoms with E-state index in [1.165, 1.54) is 16.8 Å². The van der Waals surface area contributed by atoms with Crippen LogP contribution < -0.4 is 30.1 Å². The predicted octanol–water partition coefficient (Wildman–Crippen LogP) is -1.01. The Bertz CT molecular complexity index is 583. The van der Waals surface area contributed by atoms with Crippen LogP contribution in [0.15, 0.2) is 44.3 Å². The van der Waals surface area contributed by atoms with Gasteiger partial charge >= 0.3 is 139 Å². The van der Waals surface area contributed by atoms with Crippen LogP contribution in [0.25, 0.3) is 0 Å². The Morgan fingerprint density at radius 2 is 1.68 bits per heavy atom. The van der Waals surface area contributed by atoms with Crippen molar-refractivity contribution in [1.82, 2.24) is 0 Å². The minimum atomic E-state index is 0. The van der Waals surface area contributed by atoms with Gasteiger partial charge in [-0.1, -0.05) is 0 Å². The smallest absolute Gasteiger partial charge is 1.00 e. The molecule has 1 aromatic rings. The van der Waals surface area contributed by atoms with E-state index in [2.05, 4.69) is 64.2 Å². The number of hydrogen-bond donors (Lipinski definition) is 1. The third-order valence-corrected chi connectivity index (χ3v) is 5.71. The van der Waals surface area contributed by atoms with E-state index in [1.54, 1.807) is 39.1 Å². The van der Waals surface area contributed by atoms with Crippen molar-refractivity contribution in [2.45, 2.75) is 53.0 Å². The quantitative estimate of drug-likeness (QED) is 0.666. The molecule has 1 N–H and O–H groups in total. The third kappa shape index (κ3) is 5.55. The molecule has 22 heavy (non-hydrogen) atoms. The minimum Gasteiger partial charge on any atom is -1.00 e. The Kier molecular flexibility index (Phi) is 8.70. The number of hydrogen-bond acceptors (Lipinski definition) is 1. The van der Waals surface area contributed by atoms with Gasteiger partial charge in [0.15, 0.2) is 0 Å². The van der Waals surface area contributed by atoms with Gasteiger partial charge in [-0.05, 0) is 0 Å². The summed E-state index contributed by atoms with van der Waals surface area (Å²) in [6, 6.07) is 8.72. The molecule has 119 valence electrons. The second kappa shape index (κ2) is 8.71. The molecular weight excluding hydrogens is 392 g/mol. The molecular formula is C18H24Cl2NZr. The van der Waals surface area contributed by atoms with Gasteiger partial charge in [-0.15, -0.1) is 0 Å². The fourth-order valence-electron chi connectivity index (χ4n) is 2.66. The number of nitrogens with one attached hydrogen (secondary N) is 1. The van der Waals surface area contributed by atoms with Crippen LogP contribution in [-0.4, -0.2) is 5.54 Å². The van der Waals surface area contributed by atoms with Crippen molar-refractivity contribution in [1.29, 1.82) is 0 Å². The number of benzene rings is 1. The van der Waals surface area contributed by atoms with E-state index in [-0.39, 0.29) is 30.4 Å². The molecule has 0 spiro atoms. The molecule has 1 aliphatic rings. The monoisotopic (exact) mass is 414 g/mol. The summed E-state index contributed by atoms with van der Waals surface area (Å²) >= 11 is 1.55. The normalized spacial score (nSPS) is 14.7. The summed E-state index contributed by atoms with van der Waals surface area (Å²) in [6.07, 6.45) is 2.23. The first-order valence-corrected chi connectivity index (χ1v) is 8.47. The molecule has 0 radical (unpaired) electrons. The fraction of sp³-hybridized carbons (Fsp3) is 0.444. The number of para-hydroxylation sites is 1. The van der Waals surface area contributed by atoms with Gasteiger partial charge in [0.1, 0.15) is 0 Å². The van der Waals surface area contributed by atoms with E-state index < -0.39 is 0 Å². The molecule has 0 fully saturated rings. The first kappa shape index (κ1) is 22.0. The Hall–Kier alpha value is -0.0369. The van der Waals surface area contributed by atoms with Crippen LogP contribution in [-0.2, 0) is 31.1 Å². The maximum absolute atomic E-state index is 3.63. The first-order chi connectivity index (χ1) is 9.28. The van der Waals surface area contributed by atoms with Gasteiger partial charge in [-0.3, -0.25) is 0 Å². The van der Waals surface area contributed by atoms with Crippen LogP contribution in [0.2, 0.25) is 0 Å². The van der Waals surface area contributed by atoms with Gasteiger partial charge in [-0.2, -0.15) is 0 Å². The van der Waals surface area contributed by atoms with Crippen LogP contribution in [0.1, 0.15) is 46.6 Å². The third-order valence-electron chi connectivity index (χ3n) is 3.74. The molecule has 0 amide bonds. The molecule has 0 atom stereocenters. The largest absolute Gasteiger partial charge is 1.00 e. The van der Waals surface area contributed by atoms with Gasteiger partial charge < -0.3 is 24.8 Å². The van der Waals surface area contributed by atoms with Gasteiger partial charge in [0.05, 0.1) is 0 Å². The molecule has 0 saturated heterocycles. The maximum Gasteiger partial charge on any atom is -1.00 e. The molecule has 2 rings (SSSR count). The summed E-state index contributed by atoms with van der Waals surface area (Å²) in [7, 11) is 0. The van der Waals surface area contributed by atoms with Crippen molar-refractivity contribution in [3.63, 3.8) is 0 Å². The van der Waals surface area contributed by atoms with Gasteiger partial charge in [0.2, 0.25) is 0 Å². The zero-order chi connectivity index (χ0) is 14.9. The van der Waals surface area contributed by atoms with Crippen molar-refractivity contribution >= 4 is 5.69 Å². The fourth-order valence-corrected chi connectivity index (χ4v) is 3.32. The minimum absolute atomic E-state index is 0. The van der Waals surface area contributed by atoms with Gasteiger partial charge in [0.25, 0.3) is 0 Å². The second-order valence-electron chi connectivity index (χ2n) is 6.77. The molecule has 4 heteroatoms. The number of anilines is 1. The summed E-state index contributed by atoms with van der Waals surface area (Å²) in [6.45, 7) is 11.2. The second-order valence-corrected chi connectivity index (χ2v) is 8.00. The van der Waals surface area contributed by atoms with E-state index >= 15 is 0 Å². The zero-order valence-corrected chi connectivity index (χ0v) is 17.9. The van der Waals surface area contributed by atoms with Crippen molar-refractivity contribution in [3.8, 4) is 0 Å². The van der Waals surface area contributed by atoms with E-state index in [0.29, 0.717) is 0 Å². The van der Waals surface area contributed by atoms with Gasteiger partial charge in [0, 0.05) is 0 Å². The maximum atomic E-state index is 3.63. The molecule has 0 heterocycles. The summed E-state index contributed by atoms with van der Waals surface area (Å²) in [5.41, 5.74) is 7.48. The Morgan fingerprint density at radius 3 is 2.18 bits per heavy atom. The summed E-state index contributed by atoms with van der Waals surface area (Å²) in [5, 5.41) is 3.63. The molecule has 1 nitrogen and oxygen atoms in total. The summed E-state index contributed by atoms with van der Waals surface area (Å²) in [5.74, 6) is 0. The average Bonchev–Trinajstić information content (AvgIpc) is 2.58. The molecule has 1 aliphatic carbocycles. The SMILES string of the molecule is CC1=[C]([Zr+2])C(C)=C(Cc2ccccc2NC(C)(C)C)C1.[Cl-].[Cl-]. The van der Waals surface area contributed by atoms with E-state index in [0.717, 1.165) is 12.8 Å². The van der Waals surface area contributed by atoms with E-state index in [4.69, 9.17) is 0 Å². The predicted molar refractivity (Wildman–Crippen MR) is 83.5 cm³/mol. The topological polar surface area (TPSA) is 12.0 Å². The van der Waals surface area contributed by atoms with Crippen LogP contribution in [0.5, 0.6) is 0 Å². The van der Waals surface area contributed by atoms with Crippen molar-refractivity contribution in [3.05, 3.63) is 49.8 Å². The molecule has 1 aromatic carbocycles. The van der Waals surface area contributed by atoms with Crippen LogP contribution >= 0.6 is 0 Å².